The molecule has 0 spiro atoms. The zero-order valence-corrected chi connectivity index (χ0v) is 14.6. The second-order valence-corrected chi connectivity index (χ2v) is 6.10. The van der Waals surface area contributed by atoms with Crippen molar-refractivity contribution in [2.24, 2.45) is 0 Å². The van der Waals surface area contributed by atoms with Crippen LogP contribution in [0.15, 0.2) is 42.5 Å². The van der Waals surface area contributed by atoms with Crippen molar-refractivity contribution >= 4 is 17.6 Å². The number of nitro groups is 1. The summed E-state index contributed by atoms with van der Waals surface area (Å²) in [6.07, 6.45) is 0.597. The van der Waals surface area contributed by atoms with Crippen molar-refractivity contribution in [1.82, 2.24) is 5.32 Å². The van der Waals surface area contributed by atoms with Gasteiger partial charge < -0.3 is 14.8 Å². The van der Waals surface area contributed by atoms with Gasteiger partial charge in [-0.3, -0.25) is 14.9 Å². The molecule has 2 aromatic carbocycles. The topological polar surface area (TPSA) is 108 Å². The minimum atomic E-state index is -0.901. The van der Waals surface area contributed by atoms with Crippen molar-refractivity contribution in [1.29, 1.82) is 0 Å². The predicted octanol–water partition coefficient (Wildman–Crippen LogP) is 2.70. The van der Waals surface area contributed by atoms with Gasteiger partial charge in [0.1, 0.15) is 11.3 Å². The number of para-hydroxylation sites is 1. The number of amides is 1. The van der Waals surface area contributed by atoms with E-state index in [1.54, 1.807) is 13.0 Å². The minimum absolute atomic E-state index is 0.147. The quantitative estimate of drug-likeness (QED) is 0.492. The number of nitro benzene ring substituents is 1. The van der Waals surface area contributed by atoms with Crippen molar-refractivity contribution < 1.29 is 24.0 Å². The lowest BCUT2D eigenvalue weighted by molar-refractivity contribution is -0.385. The first kappa shape index (κ1) is 18.4. The summed E-state index contributed by atoms with van der Waals surface area (Å²) in [6.45, 7) is 1.52. The SMILES string of the molecule is Cc1cccc([N+](=O)[O-])c1C(=O)OCC(=O)NC1CCOc2ccccc21. The first-order chi connectivity index (χ1) is 13.0. The van der Waals surface area contributed by atoms with Crippen molar-refractivity contribution in [2.45, 2.75) is 19.4 Å². The molecule has 27 heavy (non-hydrogen) atoms. The maximum Gasteiger partial charge on any atom is 0.345 e. The van der Waals surface area contributed by atoms with Crippen LogP contribution in [-0.4, -0.2) is 30.0 Å². The van der Waals surface area contributed by atoms with Gasteiger partial charge in [-0.1, -0.05) is 30.3 Å². The third-order valence-corrected chi connectivity index (χ3v) is 4.28. The average Bonchev–Trinajstić information content (AvgIpc) is 2.66. The smallest absolute Gasteiger partial charge is 0.345 e. The van der Waals surface area contributed by atoms with Crippen LogP contribution >= 0.6 is 0 Å². The van der Waals surface area contributed by atoms with Crippen molar-refractivity contribution in [3.05, 3.63) is 69.3 Å². The first-order valence-corrected chi connectivity index (χ1v) is 8.39. The van der Waals surface area contributed by atoms with Crippen LogP contribution in [0.5, 0.6) is 5.75 Å². The Morgan fingerprint density at radius 2 is 2.04 bits per heavy atom. The molecule has 1 aliphatic rings. The van der Waals surface area contributed by atoms with Gasteiger partial charge in [-0.15, -0.1) is 0 Å². The molecule has 0 saturated heterocycles. The highest BCUT2D eigenvalue weighted by Crippen LogP contribution is 2.31. The molecule has 140 valence electrons. The van der Waals surface area contributed by atoms with E-state index in [2.05, 4.69) is 5.32 Å². The number of fused-ring (bicyclic) bond motifs is 1. The summed E-state index contributed by atoms with van der Waals surface area (Å²) in [7, 11) is 0. The number of nitrogens with zero attached hydrogens (tertiary/aromatic N) is 1. The normalized spacial score (nSPS) is 15.2. The summed E-state index contributed by atoms with van der Waals surface area (Å²) in [5, 5.41) is 13.9. The van der Waals surface area contributed by atoms with E-state index in [4.69, 9.17) is 9.47 Å². The Bertz CT molecular complexity index is 896. The molecule has 0 fully saturated rings. The van der Waals surface area contributed by atoms with Gasteiger partial charge in [0.05, 0.1) is 17.6 Å². The lowest BCUT2D eigenvalue weighted by Gasteiger charge is -2.26. The monoisotopic (exact) mass is 370 g/mol. The standard InChI is InChI=1S/C19H18N2O6/c1-12-5-4-7-15(21(24)25)18(12)19(23)27-11-17(22)20-14-9-10-26-16-8-3-2-6-13(14)16/h2-8,14H,9-11H2,1H3,(H,20,22). The van der Waals surface area contributed by atoms with E-state index in [1.165, 1.54) is 12.1 Å². The highest BCUT2D eigenvalue weighted by Gasteiger charge is 2.26. The third kappa shape index (κ3) is 4.05. The van der Waals surface area contributed by atoms with Gasteiger partial charge in [0.15, 0.2) is 6.61 Å². The summed E-state index contributed by atoms with van der Waals surface area (Å²) < 4.78 is 10.5. The number of nitrogens with one attached hydrogen (secondary N) is 1. The summed E-state index contributed by atoms with van der Waals surface area (Å²) in [6, 6.07) is 11.4. The van der Waals surface area contributed by atoms with E-state index in [9.17, 15) is 19.7 Å². The lowest BCUT2D eigenvalue weighted by atomic mass is 10.0. The van der Waals surface area contributed by atoms with Crippen molar-refractivity contribution in [2.75, 3.05) is 13.2 Å². The molecule has 0 aliphatic carbocycles. The molecule has 1 unspecified atom stereocenters. The van der Waals surface area contributed by atoms with E-state index in [0.717, 1.165) is 5.56 Å². The zero-order valence-electron chi connectivity index (χ0n) is 14.6. The molecule has 0 radical (unpaired) electrons. The van der Waals surface area contributed by atoms with Gasteiger partial charge in [0.25, 0.3) is 11.6 Å². The first-order valence-electron chi connectivity index (χ1n) is 8.39. The summed E-state index contributed by atoms with van der Waals surface area (Å²) in [5.41, 5.74) is 0.774. The van der Waals surface area contributed by atoms with Gasteiger partial charge in [-0.2, -0.15) is 0 Å². The maximum atomic E-state index is 12.3. The number of rotatable bonds is 5. The molecule has 0 aromatic heterocycles. The Balaban J connectivity index is 1.64. The van der Waals surface area contributed by atoms with Crippen LogP contribution < -0.4 is 10.1 Å². The van der Waals surface area contributed by atoms with Crippen molar-refractivity contribution in [3.63, 3.8) is 0 Å². The van der Waals surface area contributed by atoms with E-state index < -0.39 is 23.4 Å². The fourth-order valence-corrected chi connectivity index (χ4v) is 3.00. The molecule has 8 heteroatoms. The minimum Gasteiger partial charge on any atom is -0.493 e. The number of hydrogen-bond donors (Lipinski definition) is 1. The average molecular weight is 370 g/mol. The highest BCUT2D eigenvalue weighted by atomic mass is 16.6. The van der Waals surface area contributed by atoms with Crippen LogP contribution in [0.4, 0.5) is 5.69 Å². The van der Waals surface area contributed by atoms with Gasteiger partial charge in [-0.25, -0.2) is 4.79 Å². The van der Waals surface area contributed by atoms with Gasteiger partial charge >= 0.3 is 5.97 Å². The van der Waals surface area contributed by atoms with Crippen LogP contribution in [0.25, 0.3) is 0 Å². The molecule has 8 nitrogen and oxygen atoms in total. The molecule has 1 aliphatic heterocycles. The molecular weight excluding hydrogens is 352 g/mol. The fraction of sp³-hybridized carbons (Fsp3) is 0.263. The van der Waals surface area contributed by atoms with E-state index >= 15 is 0 Å². The second kappa shape index (κ2) is 7.86. The lowest BCUT2D eigenvalue weighted by Crippen LogP contribution is -2.35. The van der Waals surface area contributed by atoms with E-state index in [0.29, 0.717) is 24.3 Å². The molecule has 0 saturated carbocycles. The largest absolute Gasteiger partial charge is 0.493 e. The van der Waals surface area contributed by atoms with E-state index in [-0.39, 0.29) is 17.3 Å². The molecule has 1 atom stereocenters. The molecule has 3 rings (SSSR count). The predicted molar refractivity (Wildman–Crippen MR) is 95.6 cm³/mol. The van der Waals surface area contributed by atoms with Crippen LogP contribution in [0.2, 0.25) is 0 Å². The Kier molecular flexibility index (Phi) is 5.35. The zero-order chi connectivity index (χ0) is 19.4. The molecule has 1 heterocycles. The van der Waals surface area contributed by atoms with Crippen LogP contribution in [0.1, 0.15) is 33.9 Å². The fourth-order valence-electron chi connectivity index (χ4n) is 3.00. The number of carbonyl (C=O) groups excluding carboxylic acids is 2. The Morgan fingerprint density at radius 1 is 1.26 bits per heavy atom. The molecule has 2 aromatic rings. The van der Waals surface area contributed by atoms with Crippen LogP contribution in [-0.2, 0) is 9.53 Å². The summed E-state index contributed by atoms with van der Waals surface area (Å²) in [5.74, 6) is -0.676. The van der Waals surface area contributed by atoms with Crippen LogP contribution in [0.3, 0.4) is 0 Å². The Morgan fingerprint density at radius 3 is 2.81 bits per heavy atom. The highest BCUT2D eigenvalue weighted by molar-refractivity contribution is 5.96. The van der Waals surface area contributed by atoms with Gasteiger partial charge in [0, 0.05) is 18.1 Å². The molecule has 1 N–H and O–H groups in total. The molecular formula is C19H18N2O6. The van der Waals surface area contributed by atoms with Gasteiger partial charge in [-0.05, 0) is 18.6 Å². The molecule has 1 amide bonds. The number of benzene rings is 2. The maximum absolute atomic E-state index is 12.3. The number of carbonyl (C=O) groups is 2. The van der Waals surface area contributed by atoms with Crippen molar-refractivity contribution in [3.8, 4) is 5.75 Å². The number of esters is 1. The Labute approximate surface area is 155 Å². The molecule has 0 bridgehead atoms. The third-order valence-electron chi connectivity index (χ3n) is 4.28. The van der Waals surface area contributed by atoms with E-state index in [1.807, 2.05) is 24.3 Å². The summed E-state index contributed by atoms with van der Waals surface area (Å²) in [4.78, 5) is 34.9. The van der Waals surface area contributed by atoms with Crippen LogP contribution in [0, 0.1) is 17.0 Å². The number of ether oxygens (including phenoxy) is 2. The summed E-state index contributed by atoms with van der Waals surface area (Å²) >= 11 is 0. The van der Waals surface area contributed by atoms with Gasteiger partial charge in [0.2, 0.25) is 0 Å². The number of aryl methyl sites for hydroxylation is 1. The Hall–Kier alpha value is -3.42. The second-order valence-electron chi connectivity index (χ2n) is 6.10. The number of hydrogen-bond acceptors (Lipinski definition) is 6.